The van der Waals surface area contributed by atoms with Crippen LogP contribution in [0.25, 0.3) is 21.7 Å². The standard InChI is InChI=1S/C46H62N4O11.C38H69NO13.C17H18FN3O3/c1-22(2)21-50-18-16-46(17-19-50)48-34-31-32-39(54)28(8)42-33(31)43(56)45(10,61-42)59-20-15-30(58-11)25(5)41(60-29(9)51)27(7)38(53)26(6)37(52)23(3)13-12-14-24(4)44(57)47-36(40(32)55)35(34)49-46;1-15-26-38(10,45)31(42)21(4)28(40)19(2)17-37(9,47-14)33(52-35-29(41)25(39(11)12)16-20(3)48-35)22(5)30(23(6)34(44)50-26)51-27-18-36(8,46-13)32(43)24(7)49-27;18-13-7-11-14(8-15(13)20-5-3-19-4-6-20)21(10-1-2-10)9-12(16(11)22)17(23)24/h12-15,20,22-23,25-27,30,37-38,41,48,52-55H,16-19,21H2,1-11H3;19-27,29-33,35,41-43,45H,15-18H2,1-14H3;7-10,19H,1-6H2,(H,23,24)/b13-12+,20-15+,24-14-,47-36?;;/t23-,25+,26+,27+,30-,37-,38+,41+,45-;19-,20?,21+,22+,23-,24?,25?,26-,27?,29?,30+,31-,32?,33-,35?,36?,37-,38-;/m01./s1. The molecule has 1 spiro atoms. The van der Waals surface area contributed by atoms with Gasteiger partial charge in [-0.25, -0.2) is 14.2 Å². The number of aromatic nitrogens is 1. The number of ether oxygens (including phenoxy) is 11. The fourth-order valence-corrected chi connectivity index (χ4v) is 21.1. The number of pyridine rings is 1. The number of carboxylic acid groups (broad SMARTS) is 1. The van der Waals surface area contributed by atoms with Gasteiger partial charge in [-0.2, -0.15) is 0 Å². The predicted molar refractivity (Wildman–Crippen MR) is 507 cm³/mol. The summed E-state index contributed by atoms with van der Waals surface area (Å²) in [7, 11) is 8.23. The van der Waals surface area contributed by atoms with Crippen LogP contribution in [0.2, 0.25) is 0 Å². The molecule has 5 saturated heterocycles. The molecule has 9 heterocycles. The number of benzene rings is 3. The highest BCUT2D eigenvalue weighted by atomic mass is 19.1. The van der Waals surface area contributed by atoms with Gasteiger partial charge in [-0.05, 0) is 126 Å². The van der Waals surface area contributed by atoms with Crippen molar-refractivity contribution in [1.29, 1.82) is 0 Å². The van der Waals surface area contributed by atoms with E-state index in [0.717, 1.165) is 45.6 Å². The Labute approximate surface area is 801 Å². The summed E-state index contributed by atoms with van der Waals surface area (Å²) in [5.74, 6) is -12.8. The minimum atomic E-state index is -1.96. The van der Waals surface area contributed by atoms with Gasteiger partial charge in [-0.15, -0.1) is 0 Å². The van der Waals surface area contributed by atoms with Gasteiger partial charge in [0, 0.05) is 182 Å². The highest BCUT2D eigenvalue weighted by Gasteiger charge is 2.57. The van der Waals surface area contributed by atoms with Gasteiger partial charge in [0.05, 0.1) is 100 Å². The molecule has 3 aromatic carbocycles. The number of nitrogens with zero attached hydrogens (tertiary/aromatic N) is 6. The number of cyclic esters (lactones) is 1. The smallest absolute Gasteiger partial charge is 0.341 e. The zero-order chi connectivity index (χ0) is 101. The Bertz CT molecular complexity index is 5340. The Morgan fingerprint density at radius 1 is 0.759 bits per heavy atom. The van der Waals surface area contributed by atoms with E-state index in [0.29, 0.717) is 55.2 Å². The summed E-state index contributed by atoms with van der Waals surface area (Å²) in [5.41, 5.74) is -4.20. The van der Waals surface area contributed by atoms with E-state index in [1.54, 1.807) is 120 Å². The zero-order valence-corrected chi connectivity index (χ0v) is 84.1. The number of phenols is 2. The van der Waals surface area contributed by atoms with Crippen LogP contribution in [0, 0.1) is 66.0 Å². The average Bonchev–Trinajstić information content (AvgIpc) is 1.54. The Kier molecular flexibility index (Phi) is 34.9. The number of Topliss-reactive ketones (excluding diaryl/α,β-unsaturated/α-hetero) is 2. The van der Waals surface area contributed by atoms with E-state index in [2.05, 4.69) is 34.4 Å². The highest BCUT2D eigenvalue weighted by molar-refractivity contribution is 6.22. The third kappa shape index (κ3) is 22.8. The Hall–Kier alpha value is -8.54. The number of piperazine rings is 1. The number of hydrogen-bond donors (Lipinski definition) is 11. The fraction of sp³-hybridized carbons (Fsp3) is 0.693. The van der Waals surface area contributed by atoms with Crippen molar-refractivity contribution in [2.75, 3.05) is 91.5 Å². The maximum Gasteiger partial charge on any atom is 0.341 e. The van der Waals surface area contributed by atoms with Gasteiger partial charge in [0.25, 0.3) is 11.7 Å². The van der Waals surface area contributed by atoms with Crippen molar-refractivity contribution in [2.24, 2.45) is 63.2 Å². The normalized spacial score (nSPS) is 36.3. The predicted octanol–water partition coefficient (Wildman–Crippen LogP) is 8.77. The number of ketones is 2. The van der Waals surface area contributed by atoms with Crippen LogP contribution < -0.4 is 36.4 Å². The molecule has 27 atom stereocenters. The second-order valence-electron chi connectivity index (χ2n) is 41.0. The molecule has 137 heavy (non-hydrogen) atoms. The summed E-state index contributed by atoms with van der Waals surface area (Å²) in [6, 6.07) is 2.79. The first-order chi connectivity index (χ1) is 64.2. The van der Waals surface area contributed by atoms with Crippen LogP contribution >= 0.6 is 0 Å². The lowest BCUT2D eigenvalue weighted by Gasteiger charge is -2.50. The van der Waals surface area contributed by atoms with Crippen LogP contribution in [0.3, 0.4) is 0 Å². The number of anilines is 2. The van der Waals surface area contributed by atoms with Crippen molar-refractivity contribution in [3.05, 3.63) is 97.9 Å². The van der Waals surface area contributed by atoms with E-state index in [1.165, 1.54) is 60.6 Å². The molecule has 1 aromatic heterocycles. The quantitative estimate of drug-likeness (QED) is 0.0391. The Morgan fingerprint density at radius 3 is 2.00 bits per heavy atom. The molecule has 6 fully saturated rings. The second-order valence-corrected chi connectivity index (χ2v) is 41.0. The lowest BCUT2D eigenvalue weighted by molar-refractivity contribution is -0.319. The van der Waals surface area contributed by atoms with Gasteiger partial charge in [0.2, 0.25) is 5.43 Å². The number of allylic oxidation sites excluding steroid dienone is 2. The Balaban J connectivity index is 0.000000213. The number of esters is 2. The molecule has 11 N–H and O–H groups in total. The van der Waals surface area contributed by atoms with Crippen LogP contribution in [-0.4, -0.2) is 297 Å². The van der Waals surface area contributed by atoms with Gasteiger partial charge < -0.3 is 128 Å². The summed E-state index contributed by atoms with van der Waals surface area (Å²) < 4.78 is 84.3. The highest BCUT2D eigenvalue weighted by Crippen LogP contribution is 2.53. The lowest BCUT2D eigenvalue weighted by Crippen LogP contribution is -2.61. The van der Waals surface area contributed by atoms with Gasteiger partial charge in [-0.1, -0.05) is 87.5 Å². The SMILES string of the molecule is CC[C@H]1OC(=O)[C@H](C)[C@@H](OC2CC(C)(OC)C(O)C(C)O2)[C@H](C)[C@@H](OC2OC(C)CC(N(C)C)C2O)[C@](C)(OC)C[C@@H](C)C(=O)[C@H](C)[C@@H](O)[C@]1(C)O.CO[C@H]1/C=C/O[C@@]2(C)Oc3c(C)c(O)c4c(O)c(c5c(c4c3C2=O)NC2(CCN(CC(C)C)CC2)N=5)=NC(=O)/C(C)=C\C=C\[C@H](C)[C@H](O)[C@@H](C)[C@@H](O)[C@@H](C)[C@H](OC(C)=O)[C@@H]1C.O=C(O)c1cn(C2CC2)c2cc(N3CCNCC3)c(F)cc2c1=O. The largest absolute Gasteiger partial charge is 0.507 e. The molecule has 0 radical (unpaired) electrons. The average molecular weight is 1930 g/mol. The van der Waals surface area contributed by atoms with E-state index in [1.807, 2.05) is 42.3 Å². The number of likely N-dealkylation sites (N-methyl/N-ethyl adjacent to an activating group) is 1. The molecule has 8 aliphatic heterocycles. The number of piperidine rings is 1. The van der Waals surface area contributed by atoms with Crippen LogP contribution in [0.5, 0.6) is 17.2 Å². The molecular formula is C101H149FN8O27. The minimum absolute atomic E-state index is 0.0538. The van der Waals surface area contributed by atoms with E-state index >= 15 is 0 Å². The summed E-state index contributed by atoms with van der Waals surface area (Å²) in [5, 5.41) is 109. The molecule has 13 rings (SSSR count). The number of phenolic OH excluding ortho intramolecular Hbond substituents is 2. The van der Waals surface area contributed by atoms with Gasteiger partial charge in [0.1, 0.15) is 75.1 Å². The third-order valence-corrected chi connectivity index (χ3v) is 29.9. The van der Waals surface area contributed by atoms with E-state index in [9.17, 15) is 83.9 Å². The number of carbonyl (C=O) groups excluding carboxylic acids is 5. The van der Waals surface area contributed by atoms with Crippen molar-refractivity contribution < 1.29 is 131 Å². The number of halogens is 1. The molecule has 1 aliphatic carbocycles. The number of amides is 1. The van der Waals surface area contributed by atoms with E-state index in [-0.39, 0.29) is 104 Å². The number of fused-ring (bicyclic) bond motifs is 2. The number of aromatic hydroxyl groups is 2. The number of aromatic carboxylic acids is 1. The number of carbonyl (C=O) groups is 6. The van der Waals surface area contributed by atoms with E-state index < -0.39 is 202 Å². The van der Waals surface area contributed by atoms with Gasteiger partial charge in [-0.3, -0.25) is 33.8 Å². The molecule has 35 nitrogen and oxygen atoms in total. The molecule has 762 valence electrons. The summed E-state index contributed by atoms with van der Waals surface area (Å²) in [6.07, 6.45) is -0.367. The van der Waals surface area contributed by atoms with Crippen molar-refractivity contribution in [3.63, 3.8) is 0 Å². The van der Waals surface area contributed by atoms with Crippen LogP contribution in [-0.2, 0) is 66.5 Å². The minimum Gasteiger partial charge on any atom is -0.507 e. The molecular weight excluding hydrogens is 1780 g/mol. The fourth-order valence-electron chi connectivity index (χ4n) is 21.1. The maximum absolute atomic E-state index is 14.7. The first-order valence-electron chi connectivity index (χ1n) is 48.2. The number of aliphatic hydroxyl groups is 6. The first kappa shape index (κ1) is 109. The number of aliphatic hydroxyl groups excluding tert-OH is 5. The summed E-state index contributed by atoms with van der Waals surface area (Å²) in [4.78, 5) is 109. The van der Waals surface area contributed by atoms with Crippen molar-refractivity contribution in [3.8, 4) is 17.2 Å². The molecule has 1 saturated carbocycles. The van der Waals surface area contributed by atoms with Gasteiger partial charge in [0.15, 0.2) is 18.3 Å². The van der Waals surface area contributed by atoms with Crippen molar-refractivity contribution in [2.45, 2.75) is 316 Å². The number of likely N-dealkylation sites (tertiary alicyclic amines) is 1. The van der Waals surface area contributed by atoms with Crippen LogP contribution in [0.4, 0.5) is 15.8 Å². The second kappa shape index (κ2) is 43.9. The molecule has 36 heteroatoms. The molecule has 9 aliphatic rings. The van der Waals surface area contributed by atoms with Crippen LogP contribution in [0.1, 0.15) is 215 Å². The van der Waals surface area contributed by atoms with E-state index in [4.69, 9.17) is 57.1 Å². The number of rotatable bonds is 15. The van der Waals surface area contributed by atoms with Crippen LogP contribution in [0.15, 0.2) is 69.2 Å². The summed E-state index contributed by atoms with van der Waals surface area (Å²) in [6.45, 7) is 39.6. The number of carboxylic acids is 1. The lowest BCUT2D eigenvalue weighted by atomic mass is 9.74. The van der Waals surface area contributed by atoms with Gasteiger partial charge >= 0.3 is 23.7 Å². The topological polar surface area (TPSA) is 467 Å². The molecule has 8 unspecified atom stereocenters. The number of methoxy groups -OCH3 is 3. The molecule has 4 bridgehead atoms. The number of nitrogens with one attached hydrogen (secondary N) is 2. The van der Waals surface area contributed by atoms with Crippen molar-refractivity contribution in [1.82, 2.24) is 19.7 Å². The Morgan fingerprint density at radius 2 is 1.41 bits per heavy atom. The summed E-state index contributed by atoms with van der Waals surface area (Å²) >= 11 is 0. The molecule has 1 amide bonds. The third-order valence-electron chi connectivity index (χ3n) is 29.9. The number of hydrogen-bond acceptors (Lipinski definition) is 32. The van der Waals surface area contributed by atoms with Crippen molar-refractivity contribution >= 4 is 68.4 Å². The monoisotopic (exact) mass is 1930 g/mol. The maximum atomic E-state index is 14.7. The zero-order valence-electron chi connectivity index (χ0n) is 84.1. The first-order valence-corrected chi connectivity index (χ1v) is 48.2. The molecule has 4 aromatic rings.